The predicted octanol–water partition coefficient (Wildman–Crippen LogP) is 15.2. The lowest BCUT2D eigenvalue weighted by Gasteiger charge is -2.12. The van der Waals surface area contributed by atoms with Crippen LogP contribution in [0.5, 0.6) is 0 Å². The molecule has 0 atom stereocenters. The monoisotopic (exact) mass is 800 g/mol. The highest BCUT2D eigenvalue weighted by molar-refractivity contribution is 7.26. The topological polar surface area (TPSA) is 51.6 Å². The summed E-state index contributed by atoms with van der Waals surface area (Å²) >= 11 is 3.68. The Labute approximate surface area is 353 Å². The minimum atomic E-state index is 0.809. The standard InChI is InChI=1S/C54H32N4S2/c1-3-16-49-40(12-1)43-29-37(23-25-51(43)59-49)38-22-24-41-46(30-38)58-53(54-52(41)42-13-2-4-17-50(42)60-54)34-20-18-33(19-21-34)35-10-9-11-36(28-35)39-31-47(44-14-5-7-26-55-44)57-48(32-39)45-15-6-8-27-56-45/h1-32H. The van der Waals surface area contributed by atoms with Gasteiger partial charge in [-0.15, -0.1) is 22.7 Å². The summed E-state index contributed by atoms with van der Waals surface area (Å²) in [4.78, 5) is 19.7. The first-order valence-electron chi connectivity index (χ1n) is 19.9. The molecule has 0 spiro atoms. The molecule has 0 aliphatic carbocycles. The zero-order valence-electron chi connectivity index (χ0n) is 32.1. The van der Waals surface area contributed by atoms with Crippen molar-refractivity contribution in [2.24, 2.45) is 0 Å². The first-order valence-corrected chi connectivity index (χ1v) is 21.6. The summed E-state index contributed by atoms with van der Waals surface area (Å²) in [5.41, 5.74) is 13.2. The minimum absolute atomic E-state index is 0.809. The molecule has 0 radical (unpaired) electrons. The van der Waals surface area contributed by atoms with Gasteiger partial charge in [-0.05, 0) is 106 Å². The van der Waals surface area contributed by atoms with E-state index >= 15 is 0 Å². The second kappa shape index (κ2) is 14.2. The van der Waals surface area contributed by atoms with Crippen LogP contribution < -0.4 is 0 Å². The van der Waals surface area contributed by atoms with Crippen LogP contribution in [0.15, 0.2) is 194 Å². The highest BCUT2D eigenvalue weighted by Crippen LogP contribution is 2.44. The van der Waals surface area contributed by atoms with Gasteiger partial charge >= 0.3 is 0 Å². The highest BCUT2D eigenvalue weighted by Gasteiger charge is 2.18. The molecular weight excluding hydrogens is 769 g/mol. The Hall–Kier alpha value is -7.38. The van der Waals surface area contributed by atoms with Crippen LogP contribution in [0.1, 0.15) is 0 Å². The Morgan fingerprint density at radius 2 is 0.900 bits per heavy atom. The summed E-state index contributed by atoms with van der Waals surface area (Å²) in [5.74, 6) is 0. The minimum Gasteiger partial charge on any atom is -0.255 e. The van der Waals surface area contributed by atoms with Crippen LogP contribution in [-0.2, 0) is 0 Å². The van der Waals surface area contributed by atoms with Crippen molar-refractivity contribution in [1.82, 2.24) is 19.9 Å². The number of hydrogen-bond donors (Lipinski definition) is 0. The number of benzene rings is 6. The van der Waals surface area contributed by atoms with Crippen molar-refractivity contribution in [3.63, 3.8) is 0 Å². The van der Waals surface area contributed by atoms with Crippen molar-refractivity contribution in [2.75, 3.05) is 0 Å². The van der Waals surface area contributed by atoms with E-state index in [1.165, 1.54) is 56.9 Å². The van der Waals surface area contributed by atoms with Crippen LogP contribution in [0, 0.1) is 0 Å². The van der Waals surface area contributed by atoms with E-state index in [0.717, 1.165) is 61.8 Å². The average Bonchev–Trinajstić information content (AvgIpc) is 3.91. The summed E-state index contributed by atoms with van der Waals surface area (Å²) in [6.07, 6.45) is 3.61. The van der Waals surface area contributed by atoms with Gasteiger partial charge in [0.2, 0.25) is 0 Å². The van der Waals surface area contributed by atoms with Crippen molar-refractivity contribution < 1.29 is 0 Å². The Morgan fingerprint density at radius 1 is 0.317 bits per heavy atom. The molecule has 280 valence electrons. The van der Waals surface area contributed by atoms with E-state index in [1.54, 1.807) is 12.4 Å². The summed E-state index contributed by atoms with van der Waals surface area (Å²) in [5, 5.41) is 6.33. The van der Waals surface area contributed by atoms with Crippen molar-refractivity contribution in [3.8, 4) is 67.4 Å². The van der Waals surface area contributed by atoms with Gasteiger partial charge in [-0.2, -0.15) is 0 Å². The third kappa shape index (κ3) is 5.96. The van der Waals surface area contributed by atoms with E-state index in [-0.39, 0.29) is 0 Å². The molecule has 0 N–H and O–H groups in total. The van der Waals surface area contributed by atoms with Gasteiger partial charge in [0.15, 0.2) is 0 Å². The van der Waals surface area contributed by atoms with Gasteiger partial charge in [0.25, 0.3) is 0 Å². The quantitative estimate of drug-likeness (QED) is 0.168. The van der Waals surface area contributed by atoms with Crippen LogP contribution in [0.25, 0.3) is 119 Å². The first-order chi connectivity index (χ1) is 29.7. The van der Waals surface area contributed by atoms with E-state index in [0.29, 0.717) is 0 Å². The summed E-state index contributed by atoms with van der Waals surface area (Å²) < 4.78 is 5.11. The third-order valence-electron chi connectivity index (χ3n) is 11.4. The van der Waals surface area contributed by atoms with Crippen molar-refractivity contribution in [2.45, 2.75) is 0 Å². The van der Waals surface area contributed by atoms with Crippen LogP contribution in [0.3, 0.4) is 0 Å². The molecule has 6 heteroatoms. The summed E-state index contributed by atoms with van der Waals surface area (Å²) in [6, 6.07) is 64.8. The number of fused-ring (bicyclic) bond motifs is 8. The predicted molar refractivity (Wildman–Crippen MR) is 254 cm³/mol. The van der Waals surface area contributed by atoms with Crippen LogP contribution in [-0.4, -0.2) is 19.9 Å². The molecule has 60 heavy (non-hydrogen) atoms. The average molecular weight is 801 g/mol. The zero-order valence-corrected chi connectivity index (χ0v) is 33.7. The van der Waals surface area contributed by atoms with Gasteiger partial charge in [0, 0.05) is 59.0 Å². The van der Waals surface area contributed by atoms with E-state index < -0.39 is 0 Å². The van der Waals surface area contributed by atoms with Gasteiger partial charge in [-0.25, -0.2) is 9.97 Å². The largest absolute Gasteiger partial charge is 0.255 e. The van der Waals surface area contributed by atoms with Crippen LogP contribution in [0.2, 0.25) is 0 Å². The molecule has 0 fully saturated rings. The lowest BCUT2D eigenvalue weighted by Crippen LogP contribution is -1.94. The molecule has 6 heterocycles. The Morgan fingerprint density at radius 3 is 1.63 bits per heavy atom. The number of hydrogen-bond acceptors (Lipinski definition) is 6. The molecular formula is C54H32N4S2. The number of pyridine rings is 4. The highest BCUT2D eigenvalue weighted by atomic mass is 32.1. The molecule has 6 aromatic heterocycles. The van der Waals surface area contributed by atoms with E-state index in [9.17, 15) is 0 Å². The Bertz CT molecular complexity index is 3540. The second-order valence-electron chi connectivity index (χ2n) is 15.0. The summed E-state index contributed by atoms with van der Waals surface area (Å²) in [6.45, 7) is 0. The van der Waals surface area contributed by atoms with E-state index in [2.05, 4.69) is 156 Å². The lowest BCUT2D eigenvalue weighted by atomic mass is 9.96. The molecule has 0 aliphatic heterocycles. The molecule has 0 saturated heterocycles. The first kappa shape index (κ1) is 34.6. The lowest BCUT2D eigenvalue weighted by molar-refractivity contribution is 1.22. The maximum atomic E-state index is 5.48. The summed E-state index contributed by atoms with van der Waals surface area (Å²) in [7, 11) is 0. The molecule has 4 nitrogen and oxygen atoms in total. The molecule has 12 rings (SSSR count). The number of thiophene rings is 2. The zero-order chi connectivity index (χ0) is 39.6. The maximum Gasteiger partial charge on any atom is 0.0900 e. The van der Waals surface area contributed by atoms with Crippen molar-refractivity contribution in [3.05, 3.63) is 194 Å². The number of aromatic nitrogens is 4. The maximum absolute atomic E-state index is 5.48. The molecule has 0 amide bonds. The Kier molecular flexibility index (Phi) is 8.18. The molecule has 12 aromatic rings. The molecule has 6 aromatic carbocycles. The normalized spacial score (nSPS) is 11.7. The SMILES string of the molecule is c1ccc(-c2cc(-c3cccc(-c4ccc(-c5nc6cc(-c7ccc8sc9ccccc9c8c7)ccc6c6c5sc5ccccc56)cc4)c3)cc(-c3ccccn3)n2)nc1. The molecule has 0 aliphatic rings. The van der Waals surface area contributed by atoms with Crippen LogP contribution >= 0.6 is 22.7 Å². The fourth-order valence-electron chi connectivity index (χ4n) is 8.45. The number of nitrogens with zero attached hydrogens (tertiary/aromatic N) is 4. The van der Waals surface area contributed by atoms with Crippen molar-refractivity contribution in [1.29, 1.82) is 0 Å². The van der Waals surface area contributed by atoms with Crippen LogP contribution in [0.4, 0.5) is 0 Å². The Balaban J connectivity index is 0.949. The second-order valence-corrected chi connectivity index (χ2v) is 17.2. The van der Waals surface area contributed by atoms with Gasteiger partial charge in [0.05, 0.1) is 38.7 Å². The van der Waals surface area contributed by atoms with Gasteiger partial charge in [0.1, 0.15) is 0 Å². The fraction of sp³-hybridized carbons (Fsp3) is 0. The third-order valence-corrected chi connectivity index (χ3v) is 13.7. The number of rotatable bonds is 6. The molecule has 0 saturated carbocycles. The smallest absolute Gasteiger partial charge is 0.0900 e. The van der Waals surface area contributed by atoms with E-state index in [4.69, 9.17) is 9.97 Å². The van der Waals surface area contributed by atoms with E-state index in [1.807, 2.05) is 59.1 Å². The van der Waals surface area contributed by atoms with Gasteiger partial charge < -0.3 is 0 Å². The van der Waals surface area contributed by atoms with Crippen molar-refractivity contribution >= 4 is 73.9 Å². The molecule has 0 bridgehead atoms. The molecule has 0 unspecified atom stereocenters. The van der Waals surface area contributed by atoms with Gasteiger partial charge in [-0.3, -0.25) is 9.97 Å². The van der Waals surface area contributed by atoms with Gasteiger partial charge in [-0.1, -0.05) is 109 Å². The fourth-order valence-corrected chi connectivity index (χ4v) is 10.8.